The molecule has 54 heavy (non-hydrogen) atoms. The van der Waals surface area contributed by atoms with Crippen LogP contribution in [-0.4, -0.2) is 24.5 Å². The number of allylic oxidation sites excluding steroid dienone is 2. The SMILES string of the molecule is C1=Cc2sc3cccc(-c4nc(-c5ccccc5)nc(-c5cccc(-n6c7ccccc7c7ccccc76)c5)n4)c3c2C/C1=C/c1nc2ccccc2s1. The number of nitrogens with zero attached hydrogens (tertiary/aromatic N) is 5. The van der Waals surface area contributed by atoms with Gasteiger partial charge in [0, 0.05) is 48.1 Å². The third-order valence-electron chi connectivity index (χ3n) is 10.1. The molecule has 11 rings (SSSR count). The molecule has 0 bridgehead atoms. The molecule has 0 unspecified atom stereocenters. The summed E-state index contributed by atoms with van der Waals surface area (Å²) in [6, 6.07) is 50.8. The molecule has 1 aliphatic rings. The first-order valence-electron chi connectivity index (χ1n) is 17.9. The van der Waals surface area contributed by atoms with Crippen molar-refractivity contribution in [3.05, 3.63) is 173 Å². The third kappa shape index (κ3) is 5.20. The van der Waals surface area contributed by atoms with Crippen molar-refractivity contribution in [2.75, 3.05) is 0 Å². The Morgan fingerprint density at radius 2 is 1.20 bits per heavy atom. The Bertz CT molecular complexity index is 3060. The highest BCUT2D eigenvalue weighted by Crippen LogP contribution is 2.42. The third-order valence-corrected chi connectivity index (χ3v) is 12.3. The van der Waals surface area contributed by atoms with Crippen LogP contribution in [0.3, 0.4) is 0 Å². The van der Waals surface area contributed by atoms with Gasteiger partial charge in [-0.25, -0.2) is 19.9 Å². The van der Waals surface area contributed by atoms with Gasteiger partial charge in [0.1, 0.15) is 5.01 Å². The molecule has 0 N–H and O–H groups in total. The van der Waals surface area contributed by atoms with Crippen LogP contribution in [0.15, 0.2) is 157 Å². The quantitative estimate of drug-likeness (QED) is 0.177. The number of thiazole rings is 1. The Morgan fingerprint density at radius 3 is 2.02 bits per heavy atom. The zero-order valence-electron chi connectivity index (χ0n) is 28.8. The van der Waals surface area contributed by atoms with Gasteiger partial charge in [-0.1, -0.05) is 109 Å². The standard InChI is InChI=1S/C47H29N5S2/c1-2-12-30(13-3-1)45-49-46(31-14-10-15-32(28-31)52-38-20-7-4-16-33(38)34-17-5-8-21-39(34)52)51-47(50-45)35-18-11-23-42-44(35)36-26-29(24-25-40(36)53-42)27-43-48-37-19-6-9-22-41(37)54-43/h1-25,27-28H,26H2/b29-27+. The van der Waals surface area contributed by atoms with Crippen LogP contribution in [0.1, 0.15) is 15.4 Å². The second-order valence-electron chi connectivity index (χ2n) is 13.5. The van der Waals surface area contributed by atoms with Crippen molar-refractivity contribution in [2.24, 2.45) is 0 Å². The van der Waals surface area contributed by atoms with Gasteiger partial charge >= 0.3 is 0 Å². The fraction of sp³-hybridized carbons (Fsp3) is 0.0213. The molecule has 0 aliphatic heterocycles. The minimum atomic E-state index is 0.638. The van der Waals surface area contributed by atoms with Gasteiger partial charge in [0.05, 0.1) is 21.3 Å². The lowest BCUT2D eigenvalue weighted by Gasteiger charge is -2.13. The first-order chi connectivity index (χ1) is 26.7. The molecular formula is C47H29N5S2. The van der Waals surface area contributed by atoms with Crippen LogP contribution in [0.25, 0.3) is 94.1 Å². The van der Waals surface area contributed by atoms with Gasteiger partial charge in [-0.3, -0.25) is 0 Å². The Balaban J connectivity index is 1.06. The summed E-state index contributed by atoms with van der Waals surface area (Å²) in [5, 5.41) is 4.68. The highest BCUT2D eigenvalue weighted by Gasteiger charge is 2.22. The second kappa shape index (κ2) is 12.6. The number of benzene rings is 6. The molecule has 1 aliphatic carbocycles. The smallest absolute Gasteiger partial charge is 0.164 e. The second-order valence-corrected chi connectivity index (χ2v) is 15.6. The molecule has 7 heteroatoms. The van der Waals surface area contributed by atoms with E-state index in [1.807, 2.05) is 35.6 Å². The number of thiophene rings is 1. The van der Waals surface area contributed by atoms with Gasteiger partial charge in [0.25, 0.3) is 0 Å². The summed E-state index contributed by atoms with van der Waals surface area (Å²) in [7, 11) is 0. The van der Waals surface area contributed by atoms with E-state index < -0.39 is 0 Å². The van der Waals surface area contributed by atoms with E-state index >= 15 is 0 Å². The lowest BCUT2D eigenvalue weighted by Crippen LogP contribution is -2.02. The number of fused-ring (bicyclic) bond motifs is 7. The van der Waals surface area contributed by atoms with Gasteiger partial charge in [-0.15, -0.1) is 22.7 Å². The summed E-state index contributed by atoms with van der Waals surface area (Å²) in [6.07, 6.45) is 7.53. The average molecular weight is 728 g/mol. The van der Waals surface area contributed by atoms with Crippen molar-refractivity contribution in [3.63, 3.8) is 0 Å². The van der Waals surface area contributed by atoms with Crippen molar-refractivity contribution in [1.82, 2.24) is 24.5 Å². The Hall–Kier alpha value is -6.54. The fourth-order valence-electron chi connectivity index (χ4n) is 7.71. The number of hydrogen-bond donors (Lipinski definition) is 0. The van der Waals surface area contributed by atoms with Crippen LogP contribution in [0.2, 0.25) is 0 Å². The molecule has 0 spiro atoms. The van der Waals surface area contributed by atoms with Crippen LogP contribution < -0.4 is 0 Å². The maximum atomic E-state index is 5.27. The largest absolute Gasteiger partial charge is 0.309 e. The van der Waals surface area contributed by atoms with Crippen molar-refractivity contribution >= 4 is 76.9 Å². The van der Waals surface area contributed by atoms with Crippen LogP contribution in [-0.2, 0) is 6.42 Å². The van der Waals surface area contributed by atoms with Gasteiger partial charge in [-0.2, -0.15) is 0 Å². The van der Waals surface area contributed by atoms with Crippen molar-refractivity contribution < 1.29 is 0 Å². The predicted octanol–water partition coefficient (Wildman–Crippen LogP) is 12.4. The van der Waals surface area contributed by atoms with E-state index in [1.165, 1.54) is 41.6 Å². The monoisotopic (exact) mass is 727 g/mol. The number of rotatable bonds is 5. The summed E-state index contributed by atoms with van der Waals surface area (Å²) in [5.74, 6) is 1.95. The van der Waals surface area contributed by atoms with Gasteiger partial charge < -0.3 is 4.57 Å². The number of para-hydroxylation sites is 3. The van der Waals surface area contributed by atoms with Crippen molar-refractivity contribution in [1.29, 1.82) is 0 Å². The van der Waals surface area contributed by atoms with Crippen LogP contribution >= 0.6 is 22.7 Å². The predicted molar refractivity (Wildman–Crippen MR) is 226 cm³/mol. The van der Waals surface area contributed by atoms with Crippen LogP contribution in [0, 0.1) is 0 Å². The fourth-order valence-corrected chi connectivity index (χ4v) is 9.81. The highest BCUT2D eigenvalue weighted by molar-refractivity contribution is 7.20. The minimum absolute atomic E-state index is 0.638. The molecule has 4 aromatic heterocycles. The van der Waals surface area contributed by atoms with Crippen LogP contribution in [0.4, 0.5) is 0 Å². The first kappa shape index (κ1) is 31.0. The number of hydrogen-bond acceptors (Lipinski definition) is 6. The van der Waals surface area contributed by atoms with Crippen LogP contribution in [0.5, 0.6) is 0 Å². The molecule has 10 aromatic rings. The van der Waals surface area contributed by atoms with E-state index in [0.717, 1.165) is 50.4 Å². The van der Waals surface area contributed by atoms with E-state index in [0.29, 0.717) is 17.5 Å². The molecule has 0 atom stereocenters. The highest BCUT2D eigenvalue weighted by atomic mass is 32.1. The van der Waals surface area contributed by atoms with Gasteiger partial charge in [-0.05, 0) is 72.2 Å². The normalized spacial score (nSPS) is 13.4. The van der Waals surface area contributed by atoms with E-state index in [-0.39, 0.29) is 0 Å². The Morgan fingerprint density at radius 1 is 0.537 bits per heavy atom. The molecule has 6 aromatic carbocycles. The Labute approximate surface area is 318 Å². The summed E-state index contributed by atoms with van der Waals surface area (Å²) in [4.78, 5) is 21.7. The number of aromatic nitrogens is 5. The molecule has 4 heterocycles. The lowest BCUT2D eigenvalue weighted by atomic mass is 9.94. The van der Waals surface area contributed by atoms with Crippen molar-refractivity contribution in [3.8, 4) is 39.9 Å². The maximum absolute atomic E-state index is 5.27. The van der Waals surface area contributed by atoms with Gasteiger partial charge in [0.2, 0.25) is 0 Å². The molecule has 0 radical (unpaired) electrons. The molecular weight excluding hydrogens is 699 g/mol. The Kier molecular flexibility index (Phi) is 7.21. The molecule has 0 saturated heterocycles. The molecule has 0 amide bonds. The van der Waals surface area contributed by atoms with E-state index in [4.69, 9.17) is 19.9 Å². The summed E-state index contributed by atoms with van der Waals surface area (Å²) >= 11 is 3.55. The van der Waals surface area contributed by atoms with E-state index in [9.17, 15) is 0 Å². The lowest BCUT2D eigenvalue weighted by molar-refractivity contribution is 1.07. The van der Waals surface area contributed by atoms with E-state index in [1.54, 1.807) is 11.3 Å². The first-order valence-corrected chi connectivity index (χ1v) is 19.6. The molecule has 254 valence electrons. The molecule has 5 nitrogen and oxygen atoms in total. The summed E-state index contributed by atoms with van der Waals surface area (Å²) in [6.45, 7) is 0. The zero-order valence-corrected chi connectivity index (χ0v) is 30.5. The topological polar surface area (TPSA) is 56.5 Å². The van der Waals surface area contributed by atoms with E-state index in [2.05, 4.69) is 144 Å². The average Bonchev–Trinajstić information content (AvgIpc) is 3.92. The molecule has 0 fully saturated rings. The summed E-state index contributed by atoms with van der Waals surface area (Å²) < 4.78 is 4.76. The minimum Gasteiger partial charge on any atom is -0.309 e. The zero-order chi connectivity index (χ0) is 35.6. The maximum Gasteiger partial charge on any atom is 0.164 e. The molecule has 0 saturated carbocycles. The van der Waals surface area contributed by atoms with Gasteiger partial charge in [0.15, 0.2) is 17.5 Å². The van der Waals surface area contributed by atoms with Crippen molar-refractivity contribution in [2.45, 2.75) is 6.42 Å². The summed E-state index contributed by atoms with van der Waals surface area (Å²) in [5.41, 5.74) is 9.85.